The van der Waals surface area contributed by atoms with E-state index in [0.29, 0.717) is 5.92 Å². The highest BCUT2D eigenvalue weighted by molar-refractivity contribution is 6.30. The molecule has 4 heteroatoms. The second-order valence-electron chi connectivity index (χ2n) is 5.59. The maximum atomic E-state index is 6.08. The molecule has 0 bridgehead atoms. The molecule has 1 heterocycles. The van der Waals surface area contributed by atoms with Crippen molar-refractivity contribution in [2.24, 2.45) is 0 Å². The van der Waals surface area contributed by atoms with E-state index in [1.165, 1.54) is 5.56 Å². The van der Waals surface area contributed by atoms with Crippen molar-refractivity contribution in [2.45, 2.75) is 26.3 Å². The zero-order chi connectivity index (χ0) is 15.0. The zero-order valence-electron chi connectivity index (χ0n) is 12.2. The maximum absolute atomic E-state index is 6.08. The number of anilines is 1. The van der Waals surface area contributed by atoms with Crippen molar-refractivity contribution in [1.82, 2.24) is 9.55 Å². The summed E-state index contributed by atoms with van der Waals surface area (Å²) in [5, 5.41) is 0.757. The molecular weight excluding hydrogens is 282 g/mol. The molecule has 0 saturated heterocycles. The van der Waals surface area contributed by atoms with E-state index in [9.17, 15) is 0 Å². The third-order valence-electron chi connectivity index (χ3n) is 3.55. The van der Waals surface area contributed by atoms with E-state index in [4.69, 9.17) is 22.3 Å². The average Bonchev–Trinajstić information content (AvgIpc) is 2.77. The Bertz CT molecular complexity index is 790. The molecule has 1 aromatic heterocycles. The van der Waals surface area contributed by atoms with Crippen molar-refractivity contribution in [3.63, 3.8) is 0 Å². The average molecular weight is 300 g/mol. The Hall–Kier alpha value is -2.00. The van der Waals surface area contributed by atoms with Gasteiger partial charge in [0.05, 0.1) is 11.0 Å². The van der Waals surface area contributed by atoms with Gasteiger partial charge in [0.15, 0.2) is 0 Å². The SMILES string of the molecule is CC(C)c1nc2cc(N)ccc2n1Cc1cccc(Cl)c1. The summed E-state index contributed by atoms with van der Waals surface area (Å²) in [6, 6.07) is 13.8. The quantitative estimate of drug-likeness (QED) is 0.726. The van der Waals surface area contributed by atoms with Crippen molar-refractivity contribution in [3.8, 4) is 0 Å². The van der Waals surface area contributed by atoms with Crippen LogP contribution in [0.5, 0.6) is 0 Å². The Morgan fingerprint density at radius 1 is 1.19 bits per heavy atom. The minimum atomic E-state index is 0.345. The van der Waals surface area contributed by atoms with E-state index in [0.717, 1.165) is 34.1 Å². The van der Waals surface area contributed by atoms with Crippen LogP contribution >= 0.6 is 11.6 Å². The Labute approximate surface area is 129 Å². The number of nitrogens with two attached hydrogens (primary N) is 1. The van der Waals surface area contributed by atoms with Crippen LogP contribution in [0.3, 0.4) is 0 Å². The number of nitrogens with zero attached hydrogens (tertiary/aromatic N) is 2. The van der Waals surface area contributed by atoms with Crippen molar-refractivity contribution in [3.05, 3.63) is 58.9 Å². The van der Waals surface area contributed by atoms with Gasteiger partial charge in [0.25, 0.3) is 0 Å². The number of nitrogen functional groups attached to an aromatic ring is 1. The molecule has 0 radical (unpaired) electrons. The monoisotopic (exact) mass is 299 g/mol. The molecule has 0 aliphatic carbocycles. The summed E-state index contributed by atoms with van der Waals surface area (Å²) in [5.41, 5.74) is 9.82. The molecule has 0 fully saturated rings. The third kappa shape index (κ3) is 2.74. The predicted molar refractivity (Wildman–Crippen MR) is 88.8 cm³/mol. The first-order chi connectivity index (χ1) is 10.0. The fraction of sp³-hybridized carbons (Fsp3) is 0.235. The number of hydrogen-bond acceptors (Lipinski definition) is 2. The van der Waals surface area contributed by atoms with E-state index >= 15 is 0 Å². The van der Waals surface area contributed by atoms with Gasteiger partial charge in [-0.15, -0.1) is 0 Å². The Morgan fingerprint density at radius 2 is 2.00 bits per heavy atom. The van der Waals surface area contributed by atoms with Gasteiger partial charge in [-0.2, -0.15) is 0 Å². The van der Waals surface area contributed by atoms with Crippen LogP contribution in [-0.4, -0.2) is 9.55 Å². The summed E-state index contributed by atoms with van der Waals surface area (Å²) >= 11 is 6.08. The highest BCUT2D eigenvalue weighted by atomic mass is 35.5. The molecule has 0 amide bonds. The van der Waals surface area contributed by atoms with Gasteiger partial charge in [0.2, 0.25) is 0 Å². The van der Waals surface area contributed by atoms with Gasteiger partial charge in [0, 0.05) is 23.2 Å². The van der Waals surface area contributed by atoms with Crippen LogP contribution in [0, 0.1) is 0 Å². The molecule has 21 heavy (non-hydrogen) atoms. The number of rotatable bonds is 3. The molecule has 2 aromatic carbocycles. The fourth-order valence-corrected chi connectivity index (χ4v) is 2.80. The molecule has 0 saturated carbocycles. The molecule has 108 valence electrons. The summed E-state index contributed by atoms with van der Waals surface area (Å²) < 4.78 is 2.24. The van der Waals surface area contributed by atoms with E-state index < -0.39 is 0 Å². The van der Waals surface area contributed by atoms with Gasteiger partial charge in [-0.1, -0.05) is 37.6 Å². The highest BCUT2D eigenvalue weighted by Gasteiger charge is 2.14. The molecule has 3 nitrogen and oxygen atoms in total. The van der Waals surface area contributed by atoms with Gasteiger partial charge >= 0.3 is 0 Å². The Morgan fingerprint density at radius 3 is 2.71 bits per heavy atom. The van der Waals surface area contributed by atoms with Crippen molar-refractivity contribution in [1.29, 1.82) is 0 Å². The largest absolute Gasteiger partial charge is 0.399 e. The number of aromatic nitrogens is 2. The molecule has 3 aromatic rings. The number of halogens is 1. The second kappa shape index (κ2) is 5.41. The highest BCUT2D eigenvalue weighted by Crippen LogP contribution is 2.25. The molecule has 0 aliphatic rings. The van der Waals surface area contributed by atoms with Crippen LogP contribution in [0.15, 0.2) is 42.5 Å². The van der Waals surface area contributed by atoms with Crippen LogP contribution in [0.4, 0.5) is 5.69 Å². The lowest BCUT2D eigenvalue weighted by molar-refractivity contribution is 0.683. The molecule has 3 rings (SSSR count). The third-order valence-corrected chi connectivity index (χ3v) is 3.78. The lowest BCUT2D eigenvalue weighted by atomic mass is 10.2. The summed E-state index contributed by atoms with van der Waals surface area (Å²) in [7, 11) is 0. The maximum Gasteiger partial charge on any atom is 0.112 e. The Kier molecular flexibility index (Phi) is 3.60. The number of fused-ring (bicyclic) bond motifs is 1. The first kappa shape index (κ1) is 14.0. The van der Waals surface area contributed by atoms with Crippen molar-refractivity contribution < 1.29 is 0 Å². The fourth-order valence-electron chi connectivity index (χ4n) is 2.59. The van der Waals surface area contributed by atoms with Crippen LogP contribution < -0.4 is 5.73 Å². The van der Waals surface area contributed by atoms with Crippen LogP contribution in [0.25, 0.3) is 11.0 Å². The van der Waals surface area contributed by atoms with Gasteiger partial charge in [-0.25, -0.2) is 4.98 Å². The lowest BCUT2D eigenvalue weighted by Crippen LogP contribution is -2.06. The number of hydrogen-bond donors (Lipinski definition) is 1. The molecular formula is C17H18ClN3. The van der Waals surface area contributed by atoms with E-state index in [1.807, 2.05) is 36.4 Å². The van der Waals surface area contributed by atoms with Gasteiger partial charge in [0.1, 0.15) is 5.82 Å². The van der Waals surface area contributed by atoms with Gasteiger partial charge in [-0.3, -0.25) is 0 Å². The predicted octanol–water partition coefficient (Wildman–Crippen LogP) is 4.44. The van der Waals surface area contributed by atoms with Crippen LogP contribution in [-0.2, 0) is 6.54 Å². The smallest absolute Gasteiger partial charge is 0.112 e. The molecule has 0 spiro atoms. The molecule has 2 N–H and O–H groups in total. The molecule has 0 unspecified atom stereocenters. The van der Waals surface area contributed by atoms with Crippen molar-refractivity contribution in [2.75, 3.05) is 5.73 Å². The van der Waals surface area contributed by atoms with Crippen LogP contribution in [0.1, 0.15) is 31.2 Å². The van der Waals surface area contributed by atoms with E-state index in [1.54, 1.807) is 0 Å². The van der Waals surface area contributed by atoms with E-state index in [2.05, 4.69) is 24.5 Å². The first-order valence-corrected chi connectivity index (χ1v) is 7.42. The minimum absolute atomic E-state index is 0.345. The lowest BCUT2D eigenvalue weighted by Gasteiger charge is -2.12. The van der Waals surface area contributed by atoms with Crippen LogP contribution in [0.2, 0.25) is 5.02 Å². The Balaban J connectivity index is 2.13. The first-order valence-electron chi connectivity index (χ1n) is 7.04. The standard InChI is InChI=1S/C17H18ClN3/c1-11(2)17-20-15-9-14(19)6-7-16(15)21(17)10-12-4-3-5-13(18)8-12/h3-9,11H,10,19H2,1-2H3. The number of imidazole rings is 1. The van der Waals surface area contributed by atoms with Gasteiger partial charge < -0.3 is 10.3 Å². The van der Waals surface area contributed by atoms with Crippen molar-refractivity contribution >= 4 is 28.3 Å². The molecule has 0 atom stereocenters. The minimum Gasteiger partial charge on any atom is -0.399 e. The topological polar surface area (TPSA) is 43.8 Å². The van der Waals surface area contributed by atoms with Gasteiger partial charge in [-0.05, 0) is 35.9 Å². The normalized spacial score (nSPS) is 11.4. The molecule has 0 aliphatic heterocycles. The zero-order valence-corrected chi connectivity index (χ0v) is 12.9. The summed E-state index contributed by atoms with van der Waals surface area (Å²) in [4.78, 5) is 4.74. The second-order valence-corrected chi connectivity index (χ2v) is 6.03. The summed E-state index contributed by atoms with van der Waals surface area (Å²) in [6.07, 6.45) is 0. The summed E-state index contributed by atoms with van der Waals surface area (Å²) in [6.45, 7) is 5.06. The summed E-state index contributed by atoms with van der Waals surface area (Å²) in [5.74, 6) is 1.41. The van der Waals surface area contributed by atoms with E-state index in [-0.39, 0.29) is 0 Å². The number of benzene rings is 2.